The SMILES string of the molecule is Nc1cccc(CS(=O)(=O)CC2CCCC2)c1. The van der Waals surface area contributed by atoms with Crippen LogP contribution in [0.25, 0.3) is 0 Å². The lowest BCUT2D eigenvalue weighted by Crippen LogP contribution is -2.15. The van der Waals surface area contributed by atoms with Crippen molar-refractivity contribution in [1.82, 2.24) is 0 Å². The number of benzene rings is 1. The van der Waals surface area contributed by atoms with E-state index < -0.39 is 9.84 Å². The van der Waals surface area contributed by atoms with Gasteiger partial charge in [0.25, 0.3) is 0 Å². The standard InChI is InChI=1S/C13H19NO2S/c14-13-7-3-6-12(8-13)10-17(15,16)9-11-4-1-2-5-11/h3,6-8,11H,1-2,4-5,9-10,14H2. The van der Waals surface area contributed by atoms with Crippen LogP contribution in [0.4, 0.5) is 5.69 Å². The van der Waals surface area contributed by atoms with E-state index in [-0.39, 0.29) is 5.75 Å². The molecule has 0 bridgehead atoms. The average molecular weight is 253 g/mol. The molecule has 1 aliphatic carbocycles. The summed E-state index contributed by atoms with van der Waals surface area (Å²) in [5.74, 6) is 0.831. The predicted molar refractivity (Wildman–Crippen MR) is 70.3 cm³/mol. The maximum Gasteiger partial charge on any atom is 0.154 e. The summed E-state index contributed by atoms with van der Waals surface area (Å²) < 4.78 is 24.1. The molecule has 0 amide bonds. The van der Waals surface area contributed by atoms with Gasteiger partial charge in [-0.1, -0.05) is 25.0 Å². The van der Waals surface area contributed by atoms with Crippen molar-refractivity contribution in [3.63, 3.8) is 0 Å². The average Bonchev–Trinajstić information content (AvgIpc) is 2.68. The van der Waals surface area contributed by atoms with E-state index in [1.165, 1.54) is 12.8 Å². The van der Waals surface area contributed by atoms with Gasteiger partial charge >= 0.3 is 0 Å². The first-order valence-electron chi connectivity index (χ1n) is 6.10. The quantitative estimate of drug-likeness (QED) is 0.838. The van der Waals surface area contributed by atoms with E-state index in [1.807, 2.05) is 6.07 Å². The Balaban J connectivity index is 2.01. The Morgan fingerprint density at radius 2 is 1.94 bits per heavy atom. The molecule has 0 aliphatic heterocycles. The normalized spacial score (nSPS) is 17.4. The molecule has 0 atom stereocenters. The minimum Gasteiger partial charge on any atom is -0.399 e. The van der Waals surface area contributed by atoms with E-state index in [9.17, 15) is 8.42 Å². The van der Waals surface area contributed by atoms with Crippen LogP contribution in [0, 0.1) is 5.92 Å². The van der Waals surface area contributed by atoms with Gasteiger partial charge in [0.05, 0.1) is 11.5 Å². The summed E-state index contributed by atoms with van der Waals surface area (Å²) in [5.41, 5.74) is 7.06. The third-order valence-corrected chi connectivity index (χ3v) is 5.05. The summed E-state index contributed by atoms with van der Waals surface area (Å²) in [6.45, 7) is 0. The van der Waals surface area contributed by atoms with Crippen LogP contribution in [0.3, 0.4) is 0 Å². The maximum atomic E-state index is 12.0. The van der Waals surface area contributed by atoms with E-state index in [2.05, 4.69) is 0 Å². The first kappa shape index (κ1) is 12.4. The van der Waals surface area contributed by atoms with E-state index in [4.69, 9.17) is 5.73 Å². The van der Waals surface area contributed by atoms with Gasteiger partial charge in [-0.3, -0.25) is 0 Å². The molecule has 2 N–H and O–H groups in total. The lowest BCUT2D eigenvalue weighted by molar-refractivity contribution is 0.558. The molecular formula is C13H19NO2S. The Hall–Kier alpha value is -1.03. The molecule has 0 unspecified atom stereocenters. The summed E-state index contributed by atoms with van der Waals surface area (Å²) in [5, 5.41) is 0. The van der Waals surface area contributed by atoms with Crippen LogP contribution in [0.2, 0.25) is 0 Å². The van der Waals surface area contributed by atoms with Crippen molar-refractivity contribution in [2.45, 2.75) is 31.4 Å². The Morgan fingerprint density at radius 3 is 2.59 bits per heavy atom. The van der Waals surface area contributed by atoms with Crippen molar-refractivity contribution in [2.24, 2.45) is 5.92 Å². The van der Waals surface area contributed by atoms with Crippen LogP contribution in [-0.4, -0.2) is 14.2 Å². The number of rotatable bonds is 4. The molecule has 1 aliphatic rings. The second-order valence-electron chi connectivity index (χ2n) is 4.95. The molecule has 17 heavy (non-hydrogen) atoms. The highest BCUT2D eigenvalue weighted by atomic mass is 32.2. The number of hydrogen-bond donors (Lipinski definition) is 1. The fourth-order valence-electron chi connectivity index (χ4n) is 2.53. The number of anilines is 1. The largest absolute Gasteiger partial charge is 0.399 e. The van der Waals surface area contributed by atoms with Crippen molar-refractivity contribution in [3.05, 3.63) is 29.8 Å². The fraction of sp³-hybridized carbons (Fsp3) is 0.538. The van der Waals surface area contributed by atoms with Crippen LogP contribution in [0.15, 0.2) is 24.3 Å². The number of nitrogen functional groups attached to an aromatic ring is 1. The van der Waals surface area contributed by atoms with E-state index >= 15 is 0 Å². The third-order valence-electron chi connectivity index (χ3n) is 3.30. The maximum absolute atomic E-state index is 12.0. The Labute approximate surface area is 103 Å². The highest BCUT2D eigenvalue weighted by Crippen LogP contribution is 2.27. The highest BCUT2D eigenvalue weighted by molar-refractivity contribution is 7.90. The molecular weight excluding hydrogens is 234 g/mol. The van der Waals surface area contributed by atoms with Gasteiger partial charge in [0.1, 0.15) is 0 Å². The summed E-state index contributed by atoms with van der Waals surface area (Å²) in [6, 6.07) is 7.14. The topological polar surface area (TPSA) is 60.2 Å². The van der Waals surface area contributed by atoms with Gasteiger partial charge in [-0.05, 0) is 36.5 Å². The van der Waals surface area contributed by atoms with Crippen molar-refractivity contribution in [1.29, 1.82) is 0 Å². The van der Waals surface area contributed by atoms with E-state index in [1.54, 1.807) is 18.2 Å². The highest BCUT2D eigenvalue weighted by Gasteiger charge is 2.22. The van der Waals surface area contributed by atoms with Gasteiger partial charge in [-0.2, -0.15) is 0 Å². The van der Waals surface area contributed by atoms with Gasteiger partial charge in [-0.15, -0.1) is 0 Å². The number of hydrogen-bond acceptors (Lipinski definition) is 3. The Kier molecular flexibility index (Phi) is 3.72. The third kappa shape index (κ3) is 3.73. The van der Waals surface area contributed by atoms with Crippen LogP contribution in [-0.2, 0) is 15.6 Å². The smallest absolute Gasteiger partial charge is 0.154 e. The van der Waals surface area contributed by atoms with Gasteiger partial charge in [0.15, 0.2) is 9.84 Å². The molecule has 0 aromatic heterocycles. The molecule has 1 aromatic carbocycles. The number of sulfone groups is 1. The summed E-state index contributed by atoms with van der Waals surface area (Å²) in [4.78, 5) is 0. The minimum absolute atomic E-state index is 0.120. The zero-order valence-electron chi connectivity index (χ0n) is 9.93. The molecule has 1 saturated carbocycles. The molecule has 0 spiro atoms. The fourth-order valence-corrected chi connectivity index (χ4v) is 4.39. The molecule has 0 radical (unpaired) electrons. The second kappa shape index (κ2) is 5.08. The molecule has 2 rings (SSSR count). The van der Waals surface area contributed by atoms with Crippen molar-refractivity contribution in [3.8, 4) is 0 Å². The zero-order valence-corrected chi connectivity index (χ0v) is 10.7. The first-order chi connectivity index (χ1) is 8.05. The van der Waals surface area contributed by atoms with Crippen molar-refractivity contribution < 1.29 is 8.42 Å². The molecule has 0 heterocycles. The summed E-state index contributed by atoms with van der Waals surface area (Å²) in [7, 11) is -2.99. The van der Waals surface area contributed by atoms with Crippen molar-refractivity contribution >= 4 is 15.5 Å². The van der Waals surface area contributed by atoms with Crippen LogP contribution in [0.1, 0.15) is 31.2 Å². The summed E-state index contributed by atoms with van der Waals surface area (Å²) >= 11 is 0. The summed E-state index contributed by atoms with van der Waals surface area (Å²) in [6.07, 6.45) is 4.49. The van der Waals surface area contributed by atoms with Gasteiger partial charge in [0, 0.05) is 5.69 Å². The van der Waals surface area contributed by atoms with Gasteiger partial charge in [-0.25, -0.2) is 8.42 Å². The first-order valence-corrected chi connectivity index (χ1v) is 7.92. The minimum atomic E-state index is -2.99. The van der Waals surface area contributed by atoms with E-state index in [0.29, 0.717) is 17.4 Å². The molecule has 94 valence electrons. The van der Waals surface area contributed by atoms with Crippen LogP contribution in [0.5, 0.6) is 0 Å². The predicted octanol–water partition coefficient (Wildman–Crippen LogP) is 2.37. The van der Waals surface area contributed by atoms with Gasteiger partial charge in [0.2, 0.25) is 0 Å². The zero-order chi connectivity index (χ0) is 12.3. The monoisotopic (exact) mass is 253 g/mol. The Morgan fingerprint density at radius 1 is 1.24 bits per heavy atom. The van der Waals surface area contributed by atoms with E-state index in [0.717, 1.165) is 18.4 Å². The van der Waals surface area contributed by atoms with Gasteiger partial charge < -0.3 is 5.73 Å². The molecule has 4 heteroatoms. The lowest BCUT2D eigenvalue weighted by atomic mass is 10.1. The Bertz CT molecular complexity index is 476. The molecule has 0 saturated heterocycles. The lowest BCUT2D eigenvalue weighted by Gasteiger charge is -2.10. The molecule has 3 nitrogen and oxygen atoms in total. The molecule has 1 aromatic rings. The molecule has 1 fully saturated rings. The van der Waals surface area contributed by atoms with Crippen molar-refractivity contribution in [2.75, 3.05) is 11.5 Å². The van der Waals surface area contributed by atoms with Crippen LogP contribution < -0.4 is 5.73 Å². The second-order valence-corrected chi connectivity index (χ2v) is 7.06. The van der Waals surface area contributed by atoms with Crippen LogP contribution >= 0.6 is 0 Å². The number of nitrogens with two attached hydrogens (primary N) is 1.